The molecule has 3 aliphatic heterocycles. The largest absolute Gasteiger partial charge is 0.481 e. The number of nitrogens with one attached hydrogen (secondary N) is 4. The van der Waals surface area contributed by atoms with Gasteiger partial charge in [0, 0.05) is 19.2 Å². The van der Waals surface area contributed by atoms with E-state index >= 15 is 0 Å². The Morgan fingerprint density at radius 2 is 1.81 bits per heavy atom. The number of cyclic esters (lactones) is 1. The van der Waals surface area contributed by atoms with Crippen LogP contribution >= 0.6 is 0 Å². The molecule has 0 aromatic rings. The molecular formula is C31H49N7O10. The van der Waals surface area contributed by atoms with Gasteiger partial charge in [-0.15, -0.1) is 0 Å². The van der Waals surface area contributed by atoms with E-state index in [-0.39, 0.29) is 31.6 Å². The zero-order valence-corrected chi connectivity index (χ0v) is 28.0. The van der Waals surface area contributed by atoms with Gasteiger partial charge in [0.2, 0.25) is 23.6 Å². The number of hydrazone groups is 1. The van der Waals surface area contributed by atoms with Crippen LogP contribution in [-0.2, 0) is 38.3 Å². The number of carboxylic acid groups (broad SMARTS) is 1. The molecule has 268 valence electrons. The Morgan fingerprint density at radius 1 is 1.08 bits per heavy atom. The maximum Gasteiger partial charge on any atom is 0.330 e. The summed E-state index contributed by atoms with van der Waals surface area (Å²) in [6.07, 6.45) is 2.71. The zero-order valence-electron chi connectivity index (χ0n) is 28.0. The number of aliphatic carboxylic acids is 1. The number of carbonyl (C=O) groups excluding carboxylic acids is 6. The van der Waals surface area contributed by atoms with Gasteiger partial charge in [-0.05, 0) is 64.7 Å². The predicted molar refractivity (Wildman–Crippen MR) is 169 cm³/mol. The summed E-state index contributed by atoms with van der Waals surface area (Å²) in [6.45, 7) is 6.53. The molecular weight excluding hydrogens is 630 g/mol. The quantitative estimate of drug-likeness (QED) is 0.148. The van der Waals surface area contributed by atoms with Gasteiger partial charge in [0.1, 0.15) is 36.8 Å². The van der Waals surface area contributed by atoms with Crippen LogP contribution in [0.15, 0.2) is 5.10 Å². The molecule has 17 heteroatoms. The average Bonchev–Trinajstić information content (AvgIpc) is 3.04. The maximum atomic E-state index is 13.7. The number of carbonyl (C=O) groups is 7. The Morgan fingerprint density at radius 3 is 2.48 bits per heavy atom. The van der Waals surface area contributed by atoms with Crippen LogP contribution in [0.1, 0.15) is 85.5 Å². The van der Waals surface area contributed by atoms with Crippen LogP contribution in [-0.4, -0.2) is 117 Å². The van der Waals surface area contributed by atoms with Crippen molar-refractivity contribution in [1.29, 1.82) is 0 Å². The number of carboxylic acids is 1. The molecule has 48 heavy (non-hydrogen) atoms. The molecule has 5 amide bonds. The van der Waals surface area contributed by atoms with Gasteiger partial charge in [-0.3, -0.25) is 33.8 Å². The van der Waals surface area contributed by atoms with Gasteiger partial charge < -0.3 is 30.9 Å². The van der Waals surface area contributed by atoms with E-state index in [0.29, 0.717) is 32.2 Å². The molecule has 7 atom stereocenters. The minimum atomic E-state index is -1.49. The van der Waals surface area contributed by atoms with Gasteiger partial charge in [-0.2, -0.15) is 5.10 Å². The van der Waals surface area contributed by atoms with Crippen molar-refractivity contribution in [3.63, 3.8) is 0 Å². The van der Waals surface area contributed by atoms with Crippen LogP contribution in [0.5, 0.6) is 0 Å². The second kappa shape index (κ2) is 17.9. The van der Waals surface area contributed by atoms with Crippen LogP contribution in [0.2, 0.25) is 0 Å². The summed E-state index contributed by atoms with van der Waals surface area (Å²) in [5.74, 6) is -6.63. The highest BCUT2D eigenvalue weighted by atomic mass is 16.5. The van der Waals surface area contributed by atoms with E-state index in [1.54, 1.807) is 6.92 Å². The molecule has 0 aromatic carbocycles. The lowest BCUT2D eigenvalue weighted by Crippen LogP contribution is -2.61. The third-order valence-corrected chi connectivity index (χ3v) is 8.43. The van der Waals surface area contributed by atoms with Crippen molar-refractivity contribution in [3.8, 4) is 0 Å². The summed E-state index contributed by atoms with van der Waals surface area (Å²) in [7, 11) is 0. The normalized spacial score (nSPS) is 26.9. The fourth-order valence-corrected chi connectivity index (χ4v) is 5.80. The Bertz CT molecular complexity index is 1240. The highest BCUT2D eigenvalue weighted by Crippen LogP contribution is 2.21. The summed E-state index contributed by atoms with van der Waals surface area (Å²) in [4.78, 5) is 92.1. The number of esters is 1. The van der Waals surface area contributed by atoms with Crippen LogP contribution in [0.3, 0.4) is 0 Å². The van der Waals surface area contributed by atoms with E-state index in [1.165, 1.54) is 13.1 Å². The Balaban J connectivity index is 1.83. The van der Waals surface area contributed by atoms with Gasteiger partial charge >= 0.3 is 11.9 Å². The summed E-state index contributed by atoms with van der Waals surface area (Å²) in [6, 6.07) is -5.85. The van der Waals surface area contributed by atoms with Crippen LogP contribution in [0, 0.1) is 11.8 Å². The van der Waals surface area contributed by atoms with Gasteiger partial charge in [0.25, 0.3) is 5.91 Å². The van der Waals surface area contributed by atoms with Crippen molar-refractivity contribution >= 4 is 47.7 Å². The van der Waals surface area contributed by atoms with Crippen molar-refractivity contribution in [2.75, 3.05) is 13.2 Å². The van der Waals surface area contributed by atoms with E-state index in [4.69, 9.17) is 4.74 Å². The Hall–Kier alpha value is -4.12. The van der Waals surface area contributed by atoms with E-state index in [2.05, 4.69) is 26.5 Å². The van der Waals surface area contributed by atoms with E-state index in [9.17, 15) is 43.8 Å². The molecule has 6 N–H and O–H groups in total. The summed E-state index contributed by atoms with van der Waals surface area (Å²) < 4.78 is 5.48. The summed E-state index contributed by atoms with van der Waals surface area (Å²) >= 11 is 0. The molecule has 3 heterocycles. The van der Waals surface area contributed by atoms with Gasteiger partial charge in [-0.1, -0.05) is 20.3 Å². The van der Waals surface area contributed by atoms with Crippen molar-refractivity contribution in [1.82, 2.24) is 31.4 Å². The number of hydrazine groups is 1. The van der Waals surface area contributed by atoms with Crippen LogP contribution in [0.4, 0.5) is 0 Å². The molecule has 5 unspecified atom stereocenters. The second-order valence-electron chi connectivity index (χ2n) is 13.0. The van der Waals surface area contributed by atoms with Gasteiger partial charge in [0.15, 0.2) is 0 Å². The monoisotopic (exact) mass is 679 g/mol. The van der Waals surface area contributed by atoms with Crippen molar-refractivity contribution in [3.05, 3.63) is 0 Å². The molecule has 2 saturated heterocycles. The summed E-state index contributed by atoms with van der Waals surface area (Å²) in [5, 5.41) is 33.1. The van der Waals surface area contributed by atoms with Crippen LogP contribution in [0.25, 0.3) is 0 Å². The Labute approximate surface area is 279 Å². The molecule has 17 nitrogen and oxygen atoms in total. The number of aliphatic hydroxyl groups excluding tert-OH is 1. The lowest BCUT2D eigenvalue weighted by molar-refractivity contribution is -0.162. The number of amides is 5. The van der Waals surface area contributed by atoms with E-state index in [1.807, 2.05) is 13.8 Å². The molecule has 3 rings (SSSR count). The first kappa shape index (κ1) is 38.3. The predicted octanol–water partition coefficient (Wildman–Crippen LogP) is -0.822. The molecule has 0 aliphatic carbocycles. The van der Waals surface area contributed by atoms with Crippen molar-refractivity contribution in [2.45, 2.75) is 122 Å². The molecule has 0 radical (unpaired) electrons. The molecule has 0 saturated carbocycles. The topological polar surface area (TPSA) is 236 Å². The number of fused-ring (bicyclic) bond motifs is 1. The third-order valence-electron chi connectivity index (χ3n) is 8.43. The fraction of sp³-hybridized carbons (Fsp3) is 0.742. The minimum absolute atomic E-state index is 0.0527. The standard InChI is InChI=1S/C31H49N7O10/c1-17(2)14-21-26(41)34-19(4)29(44)38-24(11-7-13-33-38)31(47)48-16-22(27(42)35-21)36-28(43)23-10-6-12-32-37(23)25(40)15-20(30(45)46)9-5-8-18(3)39/h12,17-24,33,39H,5-11,13-16H2,1-4H3,(H,34,41)(H,35,42)(H,36,43)(H,45,46)/t18?,19-,20?,21?,22?,23?,24+/m0/s1. The number of ether oxygens (including phenoxy) is 1. The van der Waals surface area contributed by atoms with Crippen molar-refractivity contribution < 1.29 is 48.5 Å². The molecule has 0 bridgehead atoms. The minimum Gasteiger partial charge on any atom is -0.481 e. The van der Waals surface area contributed by atoms with Gasteiger partial charge in [-0.25, -0.2) is 15.2 Å². The van der Waals surface area contributed by atoms with Crippen LogP contribution < -0.4 is 21.4 Å². The second-order valence-corrected chi connectivity index (χ2v) is 13.0. The zero-order chi connectivity index (χ0) is 35.5. The average molecular weight is 680 g/mol. The first-order valence-electron chi connectivity index (χ1n) is 16.6. The number of nitrogens with zero attached hydrogens (tertiary/aromatic N) is 3. The van der Waals surface area contributed by atoms with Gasteiger partial charge in [0.05, 0.1) is 12.0 Å². The number of rotatable bonds is 11. The number of hydrogen-bond donors (Lipinski definition) is 6. The highest BCUT2D eigenvalue weighted by Gasteiger charge is 2.40. The van der Waals surface area contributed by atoms with E-state index in [0.717, 1.165) is 10.0 Å². The third kappa shape index (κ3) is 10.7. The summed E-state index contributed by atoms with van der Waals surface area (Å²) in [5.41, 5.74) is 2.89. The van der Waals surface area contributed by atoms with Crippen molar-refractivity contribution in [2.24, 2.45) is 16.9 Å². The maximum absolute atomic E-state index is 13.7. The SMILES string of the molecule is CC(C)CC1NC(=O)C(NC(=O)C2CCC=NN2C(=O)CC(CCCC(C)O)C(=O)O)COC(=O)[C@H]2CCCNN2C(=O)[C@H](C)NC1=O. The highest BCUT2D eigenvalue weighted by molar-refractivity contribution is 5.97. The first-order valence-corrected chi connectivity index (χ1v) is 16.6. The lowest BCUT2D eigenvalue weighted by Gasteiger charge is -2.36. The fourth-order valence-electron chi connectivity index (χ4n) is 5.80. The molecule has 3 aliphatic rings. The molecule has 2 fully saturated rings. The lowest BCUT2D eigenvalue weighted by atomic mass is 9.96. The smallest absolute Gasteiger partial charge is 0.330 e. The number of hydrogen-bond acceptors (Lipinski definition) is 11. The number of aliphatic hydroxyl groups is 1. The molecule has 0 spiro atoms. The Kier molecular flexibility index (Phi) is 14.3. The molecule has 0 aromatic heterocycles. The first-order chi connectivity index (χ1) is 22.7. The van der Waals surface area contributed by atoms with E-state index < -0.39 is 96.7 Å².